The molecule has 0 amide bonds. The lowest BCUT2D eigenvalue weighted by Gasteiger charge is -2.11. The molecule has 0 bridgehead atoms. The van der Waals surface area contributed by atoms with E-state index >= 15 is 0 Å². The van der Waals surface area contributed by atoms with Crippen molar-refractivity contribution in [1.29, 1.82) is 0 Å². The molecule has 2 aromatic rings. The molecule has 88 valence electrons. The summed E-state index contributed by atoms with van der Waals surface area (Å²) in [7, 11) is 0. The molecule has 0 radical (unpaired) electrons. The lowest BCUT2D eigenvalue weighted by molar-refractivity contribution is -0.481. The number of benzene rings is 1. The molecule has 1 aromatic heterocycles. The van der Waals surface area contributed by atoms with Gasteiger partial charge in [0.2, 0.25) is 6.54 Å². The van der Waals surface area contributed by atoms with Gasteiger partial charge in [-0.25, -0.2) is 0 Å². The standard InChI is InChI=1S/C12H11BrN2O2/c13-10-5-3-9(4-6-10)11(8-15(16)17)12-2-1-7-14-12/h1-7,11,14H,8H2/t11-/m1/s1. The summed E-state index contributed by atoms with van der Waals surface area (Å²) in [4.78, 5) is 13.5. The number of hydrogen-bond donors (Lipinski definition) is 1. The van der Waals surface area contributed by atoms with E-state index in [9.17, 15) is 10.1 Å². The average Bonchev–Trinajstić information content (AvgIpc) is 2.80. The van der Waals surface area contributed by atoms with Crippen LogP contribution in [-0.2, 0) is 0 Å². The molecular formula is C12H11BrN2O2. The van der Waals surface area contributed by atoms with Gasteiger partial charge in [-0.3, -0.25) is 10.1 Å². The van der Waals surface area contributed by atoms with E-state index in [2.05, 4.69) is 20.9 Å². The van der Waals surface area contributed by atoms with Gasteiger partial charge in [0.25, 0.3) is 0 Å². The normalized spacial score (nSPS) is 12.3. The fraction of sp³-hybridized carbons (Fsp3) is 0.167. The Morgan fingerprint density at radius 1 is 1.29 bits per heavy atom. The predicted octanol–water partition coefficient (Wildman–Crippen LogP) is 3.19. The largest absolute Gasteiger partial charge is 0.364 e. The minimum Gasteiger partial charge on any atom is -0.364 e. The third kappa shape index (κ3) is 2.94. The number of H-pyrrole nitrogens is 1. The zero-order chi connectivity index (χ0) is 12.3. The lowest BCUT2D eigenvalue weighted by atomic mass is 9.96. The van der Waals surface area contributed by atoms with Crippen LogP contribution in [0, 0.1) is 10.1 Å². The molecule has 2 rings (SSSR count). The van der Waals surface area contributed by atoms with Gasteiger partial charge in [-0.15, -0.1) is 0 Å². The summed E-state index contributed by atoms with van der Waals surface area (Å²) in [6.45, 7) is -0.109. The summed E-state index contributed by atoms with van der Waals surface area (Å²) in [5.74, 6) is -0.229. The predicted molar refractivity (Wildman–Crippen MR) is 68.6 cm³/mol. The number of hydrogen-bond acceptors (Lipinski definition) is 2. The minimum atomic E-state index is -0.284. The van der Waals surface area contributed by atoms with Crippen molar-refractivity contribution in [2.75, 3.05) is 6.54 Å². The van der Waals surface area contributed by atoms with Gasteiger partial charge in [0, 0.05) is 21.3 Å². The molecule has 0 fully saturated rings. The van der Waals surface area contributed by atoms with Crippen LogP contribution >= 0.6 is 15.9 Å². The van der Waals surface area contributed by atoms with Crippen molar-refractivity contribution in [3.05, 3.63) is 68.4 Å². The molecule has 0 spiro atoms. The summed E-state index contributed by atoms with van der Waals surface area (Å²) in [6.07, 6.45) is 1.78. The van der Waals surface area contributed by atoms with E-state index in [1.54, 1.807) is 6.20 Å². The monoisotopic (exact) mass is 294 g/mol. The fourth-order valence-corrected chi connectivity index (χ4v) is 2.05. The van der Waals surface area contributed by atoms with Crippen molar-refractivity contribution < 1.29 is 4.92 Å². The first-order valence-electron chi connectivity index (χ1n) is 5.17. The Labute approximate surface area is 107 Å². The Balaban J connectivity index is 2.33. The maximum atomic E-state index is 10.7. The van der Waals surface area contributed by atoms with Crippen LogP contribution < -0.4 is 0 Å². The van der Waals surface area contributed by atoms with Crippen LogP contribution in [-0.4, -0.2) is 16.5 Å². The van der Waals surface area contributed by atoms with Crippen molar-refractivity contribution >= 4 is 15.9 Å². The summed E-state index contributed by atoms with van der Waals surface area (Å²) in [5.41, 5.74) is 1.80. The van der Waals surface area contributed by atoms with Gasteiger partial charge in [-0.2, -0.15) is 0 Å². The molecule has 0 aliphatic heterocycles. The lowest BCUT2D eigenvalue weighted by Crippen LogP contribution is -2.14. The van der Waals surface area contributed by atoms with E-state index in [-0.39, 0.29) is 17.4 Å². The number of nitro groups is 1. The number of rotatable bonds is 4. The number of halogens is 1. The highest BCUT2D eigenvalue weighted by Gasteiger charge is 2.20. The zero-order valence-electron chi connectivity index (χ0n) is 8.97. The second-order valence-electron chi connectivity index (χ2n) is 3.74. The summed E-state index contributed by atoms with van der Waals surface area (Å²) < 4.78 is 0.965. The smallest absolute Gasteiger partial charge is 0.216 e. The second-order valence-corrected chi connectivity index (χ2v) is 4.66. The first kappa shape index (κ1) is 11.9. The van der Waals surface area contributed by atoms with Crippen LogP contribution in [0.25, 0.3) is 0 Å². The van der Waals surface area contributed by atoms with Crippen molar-refractivity contribution in [1.82, 2.24) is 4.98 Å². The summed E-state index contributed by atoms with van der Waals surface area (Å²) in [5, 5.41) is 10.7. The SMILES string of the molecule is O=[N+]([O-])C[C@H](c1ccc(Br)cc1)c1ccc[nH]1. The molecule has 1 heterocycles. The quantitative estimate of drug-likeness (QED) is 0.695. The van der Waals surface area contributed by atoms with Crippen molar-refractivity contribution in [3.8, 4) is 0 Å². The molecule has 0 aliphatic rings. The van der Waals surface area contributed by atoms with Crippen LogP contribution in [0.3, 0.4) is 0 Å². The maximum absolute atomic E-state index is 10.7. The van der Waals surface area contributed by atoms with E-state index in [4.69, 9.17) is 0 Å². The highest BCUT2D eigenvalue weighted by molar-refractivity contribution is 9.10. The molecule has 1 aromatic carbocycles. The van der Waals surface area contributed by atoms with Crippen molar-refractivity contribution in [2.45, 2.75) is 5.92 Å². The molecule has 1 N–H and O–H groups in total. The fourth-order valence-electron chi connectivity index (χ4n) is 1.79. The maximum Gasteiger partial charge on any atom is 0.216 e. The topological polar surface area (TPSA) is 58.9 Å². The first-order valence-corrected chi connectivity index (χ1v) is 5.96. The van der Waals surface area contributed by atoms with E-state index in [1.165, 1.54) is 0 Å². The van der Waals surface area contributed by atoms with Gasteiger partial charge in [-0.05, 0) is 29.8 Å². The molecule has 0 aliphatic carbocycles. The number of aromatic nitrogens is 1. The Kier molecular flexibility index (Phi) is 3.58. The molecular weight excluding hydrogens is 284 g/mol. The van der Waals surface area contributed by atoms with Gasteiger partial charge >= 0.3 is 0 Å². The highest BCUT2D eigenvalue weighted by atomic mass is 79.9. The van der Waals surface area contributed by atoms with E-state index < -0.39 is 0 Å². The van der Waals surface area contributed by atoms with Gasteiger partial charge in [0.1, 0.15) is 0 Å². The average molecular weight is 295 g/mol. The molecule has 0 unspecified atom stereocenters. The number of nitrogens with zero attached hydrogens (tertiary/aromatic N) is 1. The van der Waals surface area contributed by atoms with Gasteiger partial charge < -0.3 is 4.98 Å². The summed E-state index contributed by atoms with van der Waals surface area (Å²) >= 11 is 3.35. The second kappa shape index (κ2) is 5.14. The Bertz CT molecular complexity index is 494. The van der Waals surface area contributed by atoms with Gasteiger partial charge in [0.15, 0.2) is 0 Å². The van der Waals surface area contributed by atoms with Gasteiger partial charge in [-0.1, -0.05) is 28.1 Å². The van der Waals surface area contributed by atoms with Crippen molar-refractivity contribution in [2.24, 2.45) is 0 Å². The van der Waals surface area contributed by atoms with E-state index in [1.807, 2.05) is 36.4 Å². The third-order valence-corrected chi connectivity index (χ3v) is 3.13. The third-order valence-electron chi connectivity index (χ3n) is 2.60. The number of nitrogens with one attached hydrogen (secondary N) is 1. The van der Waals surface area contributed by atoms with E-state index in [0.29, 0.717) is 0 Å². The number of aromatic amines is 1. The highest BCUT2D eigenvalue weighted by Crippen LogP contribution is 2.24. The minimum absolute atomic E-state index is 0.109. The first-order chi connectivity index (χ1) is 8.16. The zero-order valence-corrected chi connectivity index (χ0v) is 10.6. The Morgan fingerprint density at radius 3 is 2.53 bits per heavy atom. The van der Waals surface area contributed by atoms with E-state index in [0.717, 1.165) is 15.7 Å². The molecule has 1 atom stereocenters. The summed E-state index contributed by atoms with van der Waals surface area (Å²) in [6, 6.07) is 11.3. The Hall–Kier alpha value is -1.62. The van der Waals surface area contributed by atoms with Crippen LogP contribution in [0.2, 0.25) is 0 Å². The van der Waals surface area contributed by atoms with Crippen LogP contribution in [0.15, 0.2) is 47.1 Å². The van der Waals surface area contributed by atoms with Crippen molar-refractivity contribution in [3.63, 3.8) is 0 Å². The van der Waals surface area contributed by atoms with Gasteiger partial charge in [0.05, 0.1) is 5.92 Å². The molecule has 0 saturated heterocycles. The molecule has 17 heavy (non-hydrogen) atoms. The molecule has 5 heteroatoms. The van der Waals surface area contributed by atoms with Crippen LogP contribution in [0.4, 0.5) is 0 Å². The van der Waals surface area contributed by atoms with Crippen LogP contribution in [0.5, 0.6) is 0 Å². The molecule has 0 saturated carbocycles. The van der Waals surface area contributed by atoms with Crippen LogP contribution in [0.1, 0.15) is 17.2 Å². The molecule has 4 nitrogen and oxygen atoms in total. The Morgan fingerprint density at radius 2 is 2.00 bits per heavy atom.